The van der Waals surface area contributed by atoms with Crippen molar-refractivity contribution in [3.05, 3.63) is 60.2 Å². The summed E-state index contributed by atoms with van der Waals surface area (Å²) in [4.78, 5) is 28.7. The molecule has 0 heterocycles. The van der Waals surface area contributed by atoms with E-state index in [0.29, 0.717) is 24.5 Å². The summed E-state index contributed by atoms with van der Waals surface area (Å²) in [6.45, 7) is 3.32. The first-order chi connectivity index (χ1) is 14.4. The molecule has 0 aliphatic carbocycles. The fraction of sp³-hybridized carbons (Fsp3) is 0.391. The minimum Gasteiger partial charge on any atom is -0.497 e. The van der Waals surface area contributed by atoms with Crippen molar-refractivity contribution in [1.29, 1.82) is 0 Å². The van der Waals surface area contributed by atoms with Crippen molar-refractivity contribution in [2.75, 3.05) is 52.7 Å². The molecule has 1 unspecified atom stereocenters. The summed E-state index contributed by atoms with van der Waals surface area (Å²) in [7, 11) is 5.56. The number of ether oxygens (including phenoxy) is 1. The molecule has 2 N–H and O–H groups in total. The Kier molecular flexibility index (Phi) is 9.31. The number of amides is 2. The molecule has 2 rings (SSSR count). The number of benzene rings is 2. The second-order valence-electron chi connectivity index (χ2n) is 7.28. The Hall–Kier alpha value is -2.90. The van der Waals surface area contributed by atoms with Crippen LogP contribution in [-0.4, -0.2) is 69.0 Å². The number of methoxy groups -OCH3 is 1. The van der Waals surface area contributed by atoms with E-state index < -0.39 is 0 Å². The van der Waals surface area contributed by atoms with Gasteiger partial charge in [0.15, 0.2) is 0 Å². The largest absolute Gasteiger partial charge is 0.497 e. The Morgan fingerprint density at radius 3 is 2.33 bits per heavy atom. The number of carbonyl (C=O) groups excluding carboxylic acids is 2. The van der Waals surface area contributed by atoms with Gasteiger partial charge in [-0.25, -0.2) is 0 Å². The first kappa shape index (κ1) is 23.4. The highest BCUT2D eigenvalue weighted by Crippen LogP contribution is 2.17. The van der Waals surface area contributed by atoms with Crippen molar-refractivity contribution in [3.63, 3.8) is 0 Å². The molecule has 0 spiro atoms. The molecule has 162 valence electrons. The third kappa shape index (κ3) is 7.50. The third-order valence-electron chi connectivity index (χ3n) is 4.84. The fourth-order valence-corrected chi connectivity index (χ4v) is 3.13. The van der Waals surface area contributed by atoms with Gasteiger partial charge in [0, 0.05) is 18.3 Å². The van der Waals surface area contributed by atoms with Crippen LogP contribution in [0.25, 0.3) is 0 Å². The van der Waals surface area contributed by atoms with Gasteiger partial charge in [-0.1, -0.05) is 43.3 Å². The second-order valence-corrected chi connectivity index (χ2v) is 7.28. The zero-order chi connectivity index (χ0) is 21.9. The fourth-order valence-electron chi connectivity index (χ4n) is 3.13. The predicted octanol–water partition coefficient (Wildman–Crippen LogP) is 2.37. The quantitative estimate of drug-likeness (QED) is 0.593. The van der Waals surface area contributed by atoms with Crippen LogP contribution in [-0.2, 0) is 9.59 Å². The van der Waals surface area contributed by atoms with E-state index in [0.717, 1.165) is 5.56 Å². The second kappa shape index (κ2) is 11.9. The maximum atomic E-state index is 12.5. The lowest BCUT2D eigenvalue weighted by Gasteiger charge is -2.26. The molecule has 0 saturated carbocycles. The molecule has 2 amide bonds. The van der Waals surface area contributed by atoms with Crippen molar-refractivity contribution in [3.8, 4) is 5.75 Å². The smallest absolute Gasteiger partial charge is 0.238 e. The molecule has 7 heteroatoms. The number of likely N-dealkylation sites (N-methyl/N-ethyl adjacent to an activating group) is 2. The molecule has 2 aromatic carbocycles. The summed E-state index contributed by atoms with van der Waals surface area (Å²) in [6.07, 6.45) is 0. The van der Waals surface area contributed by atoms with Crippen LogP contribution in [0.4, 0.5) is 5.69 Å². The summed E-state index contributed by atoms with van der Waals surface area (Å²) in [5.41, 5.74) is 1.81. The van der Waals surface area contributed by atoms with Gasteiger partial charge in [-0.2, -0.15) is 0 Å². The zero-order valence-corrected chi connectivity index (χ0v) is 18.2. The Labute approximate surface area is 179 Å². The molecule has 0 fully saturated rings. The molecule has 0 bridgehead atoms. The summed E-state index contributed by atoms with van der Waals surface area (Å²) in [6, 6.07) is 17.3. The Morgan fingerprint density at radius 2 is 1.70 bits per heavy atom. The number of anilines is 1. The van der Waals surface area contributed by atoms with Gasteiger partial charge >= 0.3 is 0 Å². The maximum Gasteiger partial charge on any atom is 0.238 e. The standard InChI is InChI=1S/C23H32N4O3/c1-5-27(17-23(29)25-19-12-9-13-20(14-19)30-4)16-22(28)24-15-21(26(2)3)18-10-7-6-8-11-18/h6-14,21H,5,15-17H2,1-4H3,(H,24,28)(H,25,29). The third-order valence-corrected chi connectivity index (χ3v) is 4.84. The van der Waals surface area contributed by atoms with Crippen LogP contribution >= 0.6 is 0 Å². The topological polar surface area (TPSA) is 73.9 Å². The van der Waals surface area contributed by atoms with Crippen molar-refractivity contribution in [2.45, 2.75) is 13.0 Å². The summed E-state index contributed by atoms with van der Waals surface area (Å²) < 4.78 is 5.17. The van der Waals surface area contributed by atoms with Crippen molar-refractivity contribution >= 4 is 17.5 Å². The van der Waals surface area contributed by atoms with Crippen LogP contribution in [0.15, 0.2) is 54.6 Å². The van der Waals surface area contributed by atoms with E-state index in [1.807, 2.05) is 51.4 Å². The summed E-state index contributed by atoms with van der Waals surface area (Å²) >= 11 is 0. The van der Waals surface area contributed by atoms with E-state index >= 15 is 0 Å². The van der Waals surface area contributed by atoms with Gasteiger partial charge in [0.1, 0.15) is 5.75 Å². The van der Waals surface area contributed by atoms with Crippen LogP contribution in [0.2, 0.25) is 0 Å². The van der Waals surface area contributed by atoms with Gasteiger partial charge < -0.3 is 20.3 Å². The van der Waals surface area contributed by atoms with Gasteiger partial charge in [-0.15, -0.1) is 0 Å². The minimum absolute atomic E-state index is 0.0848. The lowest BCUT2D eigenvalue weighted by Crippen LogP contribution is -2.43. The van der Waals surface area contributed by atoms with Crippen molar-refractivity contribution < 1.29 is 14.3 Å². The highest BCUT2D eigenvalue weighted by molar-refractivity contribution is 5.92. The van der Waals surface area contributed by atoms with Gasteiger partial charge in [0.2, 0.25) is 11.8 Å². The van der Waals surface area contributed by atoms with Crippen molar-refractivity contribution in [2.24, 2.45) is 0 Å². The molecule has 0 aliphatic heterocycles. The molecule has 0 aliphatic rings. The lowest BCUT2D eigenvalue weighted by molar-refractivity contribution is -0.123. The van der Waals surface area contributed by atoms with Gasteiger partial charge in [-0.3, -0.25) is 14.5 Å². The lowest BCUT2D eigenvalue weighted by atomic mass is 10.1. The average molecular weight is 413 g/mol. The molecule has 1 atom stereocenters. The number of hydrogen-bond donors (Lipinski definition) is 2. The average Bonchev–Trinajstić information content (AvgIpc) is 2.74. The Morgan fingerprint density at radius 1 is 1.00 bits per heavy atom. The van der Waals surface area contributed by atoms with Gasteiger partial charge in [-0.05, 0) is 38.3 Å². The van der Waals surface area contributed by atoms with E-state index in [4.69, 9.17) is 4.74 Å². The summed E-state index contributed by atoms with van der Waals surface area (Å²) in [5.74, 6) is 0.399. The molecule has 2 aromatic rings. The number of hydrogen-bond acceptors (Lipinski definition) is 5. The SMILES string of the molecule is CCN(CC(=O)NCC(c1ccccc1)N(C)C)CC(=O)Nc1cccc(OC)c1. The zero-order valence-electron chi connectivity index (χ0n) is 18.2. The first-order valence-electron chi connectivity index (χ1n) is 10.1. The van der Waals surface area contributed by atoms with Crippen LogP contribution in [0.1, 0.15) is 18.5 Å². The van der Waals surface area contributed by atoms with Crippen LogP contribution in [0, 0.1) is 0 Å². The monoisotopic (exact) mass is 412 g/mol. The van der Waals surface area contributed by atoms with Gasteiger partial charge in [0.25, 0.3) is 0 Å². The molecular formula is C23H32N4O3. The highest BCUT2D eigenvalue weighted by atomic mass is 16.5. The van der Waals surface area contributed by atoms with E-state index in [1.165, 1.54) is 0 Å². The van der Waals surface area contributed by atoms with E-state index in [-0.39, 0.29) is 30.9 Å². The number of carbonyl (C=O) groups is 2. The first-order valence-corrected chi connectivity index (χ1v) is 10.1. The van der Waals surface area contributed by atoms with Gasteiger partial charge in [0.05, 0.1) is 26.2 Å². The number of nitrogens with zero attached hydrogens (tertiary/aromatic N) is 2. The molecule has 0 saturated heterocycles. The molecular weight excluding hydrogens is 380 g/mol. The Balaban J connectivity index is 1.85. The molecule has 0 aromatic heterocycles. The Bertz CT molecular complexity index is 811. The van der Waals surface area contributed by atoms with E-state index in [2.05, 4.69) is 27.7 Å². The predicted molar refractivity (Wildman–Crippen MR) is 120 cm³/mol. The molecule has 7 nitrogen and oxygen atoms in total. The maximum absolute atomic E-state index is 12.5. The van der Waals surface area contributed by atoms with Crippen molar-refractivity contribution in [1.82, 2.24) is 15.1 Å². The van der Waals surface area contributed by atoms with Crippen LogP contribution in [0.3, 0.4) is 0 Å². The van der Waals surface area contributed by atoms with E-state index in [9.17, 15) is 9.59 Å². The van der Waals surface area contributed by atoms with Crippen LogP contribution in [0.5, 0.6) is 5.75 Å². The molecule has 0 radical (unpaired) electrons. The van der Waals surface area contributed by atoms with Crippen LogP contribution < -0.4 is 15.4 Å². The normalized spacial score (nSPS) is 11.9. The molecule has 30 heavy (non-hydrogen) atoms. The van der Waals surface area contributed by atoms with E-state index in [1.54, 1.807) is 24.1 Å². The highest BCUT2D eigenvalue weighted by Gasteiger charge is 2.17. The summed E-state index contributed by atoms with van der Waals surface area (Å²) in [5, 5.41) is 5.84. The number of nitrogens with one attached hydrogen (secondary N) is 2. The number of rotatable bonds is 11. The minimum atomic E-state index is -0.173.